The number of nitrogens with one attached hydrogen (secondary N) is 1. The van der Waals surface area contributed by atoms with Gasteiger partial charge in [-0.05, 0) is 43.7 Å². The zero-order valence-corrected chi connectivity index (χ0v) is 16.2. The van der Waals surface area contributed by atoms with Crippen molar-refractivity contribution in [2.24, 2.45) is 5.92 Å². The Morgan fingerprint density at radius 3 is 2.74 bits per heavy atom. The van der Waals surface area contributed by atoms with Gasteiger partial charge >= 0.3 is 5.63 Å². The molecule has 1 N–H and O–H groups in total. The lowest BCUT2D eigenvalue weighted by Gasteiger charge is -2.20. The standard InChI is InChI=1S/C20H27N3O4/c1-12(2)7-8-15-11-13(3)17(20(25)26-15)18(24)21-10-9-16-22-19(27-23-16)14-5-4-6-14/h11-12,14H,4-10H2,1-3H3,(H,21,24). The van der Waals surface area contributed by atoms with Gasteiger partial charge in [-0.25, -0.2) is 4.79 Å². The van der Waals surface area contributed by atoms with Crippen LogP contribution >= 0.6 is 0 Å². The van der Waals surface area contributed by atoms with Gasteiger partial charge in [0.2, 0.25) is 5.89 Å². The third-order valence-electron chi connectivity index (χ3n) is 4.97. The van der Waals surface area contributed by atoms with Crippen LogP contribution in [0.1, 0.15) is 78.8 Å². The summed E-state index contributed by atoms with van der Waals surface area (Å²) in [5, 5.41) is 6.70. The Morgan fingerprint density at radius 1 is 1.33 bits per heavy atom. The first kappa shape index (κ1) is 19.3. The zero-order valence-electron chi connectivity index (χ0n) is 16.2. The van der Waals surface area contributed by atoms with E-state index in [1.807, 2.05) is 0 Å². The molecule has 0 unspecified atom stereocenters. The molecule has 2 aromatic heterocycles. The number of nitrogens with zero attached hydrogens (tertiary/aromatic N) is 2. The summed E-state index contributed by atoms with van der Waals surface area (Å²) in [6.45, 7) is 6.32. The van der Waals surface area contributed by atoms with Crippen molar-refractivity contribution in [1.82, 2.24) is 15.5 Å². The fourth-order valence-electron chi connectivity index (χ4n) is 3.07. The van der Waals surface area contributed by atoms with Crippen LogP contribution in [0.25, 0.3) is 0 Å². The van der Waals surface area contributed by atoms with E-state index in [1.54, 1.807) is 13.0 Å². The SMILES string of the molecule is Cc1cc(CCC(C)C)oc(=O)c1C(=O)NCCc1noc(C2CCC2)n1. The van der Waals surface area contributed by atoms with Gasteiger partial charge < -0.3 is 14.3 Å². The summed E-state index contributed by atoms with van der Waals surface area (Å²) in [5.41, 5.74) is 0.110. The van der Waals surface area contributed by atoms with E-state index in [1.165, 1.54) is 6.42 Å². The molecule has 0 bridgehead atoms. The highest BCUT2D eigenvalue weighted by molar-refractivity contribution is 5.95. The van der Waals surface area contributed by atoms with Crippen LogP contribution < -0.4 is 10.9 Å². The molecule has 1 aliphatic carbocycles. The normalized spacial score (nSPS) is 14.4. The van der Waals surface area contributed by atoms with Gasteiger partial charge in [-0.3, -0.25) is 4.79 Å². The summed E-state index contributed by atoms with van der Waals surface area (Å²) in [4.78, 5) is 29.0. The lowest BCUT2D eigenvalue weighted by molar-refractivity contribution is 0.0948. The molecule has 7 nitrogen and oxygen atoms in total. The van der Waals surface area contributed by atoms with Crippen LogP contribution in [0.15, 0.2) is 19.8 Å². The Morgan fingerprint density at radius 2 is 2.11 bits per heavy atom. The van der Waals surface area contributed by atoms with Gasteiger partial charge in [-0.15, -0.1) is 0 Å². The van der Waals surface area contributed by atoms with Crippen molar-refractivity contribution >= 4 is 5.91 Å². The molecular formula is C20H27N3O4. The molecule has 27 heavy (non-hydrogen) atoms. The van der Waals surface area contributed by atoms with E-state index in [0.717, 1.165) is 19.3 Å². The van der Waals surface area contributed by atoms with Gasteiger partial charge in [-0.1, -0.05) is 25.4 Å². The molecule has 2 heterocycles. The van der Waals surface area contributed by atoms with Gasteiger partial charge in [0.05, 0.1) is 0 Å². The second-order valence-corrected chi connectivity index (χ2v) is 7.67. The second-order valence-electron chi connectivity index (χ2n) is 7.67. The Labute approximate surface area is 158 Å². The maximum Gasteiger partial charge on any atom is 0.349 e. The van der Waals surface area contributed by atoms with E-state index >= 15 is 0 Å². The summed E-state index contributed by atoms with van der Waals surface area (Å²) in [6, 6.07) is 1.78. The third-order valence-corrected chi connectivity index (χ3v) is 4.97. The van der Waals surface area contributed by atoms with Crippen molar-refractivity contribution < 1.29 is 13.7 Å². The maximum absolute atomic E-state index is 12.4. The van der Waals surface area contributed by atoms with Gasteiger partial charge in [0.25, 0.3) is 5.91 Å². The largest absolute Gasteiger partial charge is 0.427 e. The number of hydrogen-bond donors (Lipinski definition) is 1. The van der Waals surface area contributed by atoms with Crippen molar-refractivity contribution in [1.29, 1.82) is 0 Å². The fourth-order valence-corrected chi connectivity index (χ4v) is 3.07. The first-order valence-corrected chi connectivity index (χ1v) is 9.68. The van der Waals surface area contributed by atoms with Crippen LogP contribution in [0, 0.1) is 12.8 Å². The van der Waals surface area contributed by atoms with Crippen molar-refractivity contribution in [3.05, 3.63) is 45.1 Å². The fraction of sp³-hybridized carbons (Fsp3) is 0.600. The highest BCUT2D eigenvalue weighted by Crippen LogP contribution is 2.35. The minimum absolute atomic E-state index is 0.0616. The molecule has 146 valence electrons. The summed E-state index contributed by atoms with van der Waals surface area (Å²) < 4.78 is 10.6. The van der Waals surface area contributed by atoms with Gasteiger partial charge in [-0.2, -0.15) is 4.98 Å². The molecule has 0 radical (unpaired) electrons. The molecule has 0 saturated heterocycles. The van der Waals surface area contributed by atoms with Crippen LogP contribution in [0.5, 0.6) is 0 Å². The van der Waals surface area contributed by atoms with Crippen molar-refractivity contribution in [2.45, 2.75) is 65.2 Å². The Kier molecular flexibility index (Phi) is 6.08. The minimum atomic E-state index is -0.585. The van der Waals surface area contributed by atoms with Crippen LogP contribution in [0.2, 0.25) is 0 Å². The van der Waals surface area contributed by atoms with Gasteiger partial charge in [0, 0.05) is 25.3 Å². The van der Waals surface area contributed by atoms with Crippen LogP contribution in [-0.2, 0) is 12.8 Å². The maximum atomic E-state index is 12.4. The average Bonchev–Trinajstić information content (AvgIpc) is 2.99. The summed E-state index contributed by atoms with van der Waals surface area (Å²) in [6.07, 6.45) is 5.48. The van der Waals surface area contributed by atoms with E-state index in [2.05, 4.69) is 29.3 Å². The molecule has 7 heteroatoms. The lowest BCUT2D eigenvalue weighted by atomic mass is 9.85. The van der Waals surface area contributed by atoms with Crippen LogP contribution in [-0.4, -0.2) is 22.6 Å². The van der Waals surface area contributed by atoms with Gasteiger partial charge in [0.15, 0.2) is 5.82 Å². The second kappa shape index (κ2) is 8.50. The van der Waals surface area contributed by atoms with Crippen LogP contribution in [0.3, 0.4) is 0 Å². The molecule has 1 saturated carbocycles. The molecule has 0 aliphatic heterocycles. The molecule has 0 spiro atoms. The number of rotatable bonds is 8. The van der Waals surface area contributed by atoms with Crippen molar-refractivity contribution in [3.8, 4) is 0 Å². The van der Waals surface area contributed by atoms with E-state index in [-0.39, 0.29) is 5.56 Å². The van der Waals surface area contributed by atoms with Gasteiger partial charge in [0.1, 0.15) is 11.3 Å². The predicted octanol–water partition coefficient (Wildman–Crippen LogP) is 3.16. The summed E-state index contributed by atoms with van der Waals surface area (Å²) in [7, 11) is 0. The molecule has 2 aromatic rings. The lowest BCUT2D eigenvalue weighted by Crippen LogP contribution is -2.31. The molecule has 3 rings (SSSR count). The number of hydrogen-bond acceptors (Lipinski definition) is 6. The number of amides is 1. The third kappa shape index (κ3) is 4.84. The first-order chi connectivity index (χ1) is 12.9. The quantitative estimate of drug-likeness (QED) is 0.763. The number of aryl methyl sites for hydroxylation is 2. The highest BCUT2D eigenvalue weighted by Gasteiger charge is 2.25. The van der Waals surface area contributed by atoms with E-state index in [0.29, 0.717) is 54.3 Å². The molecule has 0 aromatic carbocycles. The zero-order chi connectivity index (χ0) is 19.4. The van der Waals surface area contributed by atoms with Crippen molar-refractivity contribution in [2.75, 3.05) is 6.54 Å². The molecular weight excluding hydrogens is 346 g/mol. The molecule has 1 fully saturated rings. The number of carbonyl (C=O) groups excluding carboxylic acids is 1. The van der Waals surface area contributed by atoms with E-state index < -0.39 is 11.5 Å². The Hall–Kier alpha value is -2.44. The van der Waals surface area contributed by atoms with E-state index in [4.69, 9.17) is 8.94 Å². The molecule has 1 aliphatic rings. The van der Waals surface area contributed by atoms with E-state index in [9.17, 15) is 9.59 Å². The topological polar surface area (TPSA) is 98.2 Å². The summed E-state index contributed by atoms with van der Waals surface area (Å²) >= 11 is 0. The monoisotopic (exact) mass is 373 g/mol. The Bertz CT molecular complexity index is 849. The predicted molar refractivity (Wildman–Crippen MR) is 99.8 cm³/mol. The molecule has 1 amide bonds. The smallest absolute Gasteiger partial charge is 0.349 e. The highest BCUT2D eigenvalue weighted by atomic mass is 16.5. The first-order valence-electron chi connectivity index (χ1n) is 9.68. The van der Waals surface area contributed by atoms with Crippen molar-refractivity contribution in [3.63, 3.8) is 0 Å². The minimum Gasteiger partial charge on any atom is -0.427 e. The average molecular weight is 373 g/mol. The Balaban J connectivity index is 1.55. The van der Waals surface area contributed by atoms with Crippen LogP contribution in [0.4, 0.5) is 0 Å². The summed E-state index contributed by atoms with van der Waals surface area (Å²) in [5.74, 6) is 2.37. The number of aromatic nitrogens is 2. The molecule has 0 atom stereocenters. The number of carbonyl (C=O) groups is 1.